The molecule has 0 spiro atoms. The molecule has 1 N–H and O–H groups in total. The largest absolute Gasteiger partial charge is 0.378 e. The maximum atomic E-state index is 12.6. The van der Waals surface area contributed by atoms with Gasteiger partial charge < -0.3 is 15.0 Å². The Labute approximate surface area is 104 Å². The van der Waals surface area contributed by atoms with Gasteiger partial charge in [-0.15, -0.1) is 0 Å². The molecular formula is C11H15FN4O2. The number of hydrogen-bond donors (Lipinski definition) is 1. The topological polar surface area (TPSA) is 67.4 Å². The Morgan fingerprint density at radius 1 is 1.44 bits per heavy atom. The molecule has 1 amide bonds. The zero-order valence-electron chi connectivity index (χ0n) is 10.1. The first-order valence-electron chi connectivity index (χ1n) is 5.77. The molecule has 1 aliphatic heterocycles. The predicted octanol–water partition coefficient (Wildman–Crippen LogP) is 0.275. The molecular weight excluding hydrogens is 239 g/mol. The molecule has 18 heavy (non-hydrogen) atoms. The van der Waals surface area contributed by atoms with Crippen molar-refractivity contribution in [1.29, 1.82) is 0 Å². The molecule has 1 unspecified atom stereocenters. The summed E-state index contributed by atoms with van der Waals surface area (Å²) in [5, 5.41) is 2.85. The first-order valence-corrected chi connectivity index (χ1v) is 5.77. The van der Waals surface area contributed by atoms with Crippen LogP contribution in [0.1, 0.15) is 6.92 Å². The average Bonchev–Trinajstić information content (AvgIpc) is 2.41. The SMILES string of the molecule is CC(Nc1ncc(F)cn1)C(=O)N1CCOCC1. The highest BCUT2D eigenvalue weighted by molar-refractivity contribution is 5.83. The number of carbonyl (C=O) groups is 1. The maximum Gasteiger partial charge on any atom is 0.245 e. The molecule has 1 atom stereocenters. The summed E-state index contributed by atoms with van der Waals surface area (Å²) in [5.74, 6) is -0.301. The standard InChI is InChI=1S/C11H15FN4O2/c1-8(10(17)16-2-4-18-5-3-16)15-11-13-6-9(12)7-14-11/h6-8H,2-5H2,1H3,(H,13,14,15). The molecule has 2 rings (SSSR count). The molecule has 0 radical (unpaired) electrons. The van der Waals surface area contributed by atoms with E-state index in [-0.39, 0.29) is 11.9 Å². The minimum atomic E-state index is -0.507. The van der Waals surface area contributed by atoms with E-state index in [1.54, 1.807) is 11.8 Å². The molecule has 7 heteroatoms. The highest BCUT2D eigenvalue weighted by Crippen LogP contribution is 2.05. The van der Waals surface area contributed by atoms with Crippen LogP contribution in [-0.2, 0) is 9.53 Å². The van der Waals surface area contributed by atoms with Gasteiger partial charge in [-0.1, -0.05) is 0 Å². The van der Waals surface area contributed by atoms with E-state index in [9.17, 15) is 9.18 Å². The van der Waals surface area contributed by atoms with Crippen LogP contribution in [0.3, 0.4) is 0 Å². The van der Waals surface area contributed by atoms with Crippen LogP contribution in [0.5, 0.6) is 0 Å². The molecule has 1 saturated heterocycles. The second-order valence-corrected chi connectivity index (χ2v) is 4.03. The van der Waals surface area contributed by atoms with E-state index >= 15 is 0 Å². The third-order valence-electron chi connectivity index (χ3n) is 2.66. The Hall–Kier alpha value is -1.76. The number of morpholine rings is 1. The number of carbonyl (C=O) groups excluding carboxylic acids is 1. The summed E-state index contributed by atoms with van der Waals surface area (Å²) in [4.78, 5) is 21.3. The van der Waals surface area contributed by atoms with E-state index in [1.165, 1.54) is 0 Å². The van der Waals surface area contributed by atoms with Gasteiger partial charge in [0.15, 0.2) is 5.82 Å². The molecule has 1 aromatic heterocycles. The quantitative estimate of drug-likeness (QED) is 0.839. The van der Waals surface area contributed by atoms with Gasteiger partial charge in [0.05, 0.1) is 25.6 Å². The number of nitrogens with zero attached hydrogens (tertiary/aromatic N) is 3. The monoisotopic (exact) mass is 254 g/mol. The van der Waals surface area contributed by atoms with Crippen LogP contribution in [0, 0.1) is 5.82 Å². The Morgan fingerprint density at radius 3 is 2.67 bits per heavy atom. The summed E-state index contributed by atoms with van der Waals surface area (Å²) in [7, 11) is 0. The highest BCUT2D eigenvalue weighted by Gasteiger charge is 2.22. The van der Waals surface area contributed by atoms with Gasteiger partial charge in [0.2, 0.25) is 11.9 Å². The number of anilines is 1. The summed E-state index contributed by atoms with van der Waals surface area (Å²) in [6.45, 7) is 4.03. The Kier molecular flexibility index (Phi) is 4.03. The van der Waals surface area contributed by atoms with Gasteiger partial charge in [0.1, 0.15) is 6.04 Å². The van der Waals surface area contributed by atoms with Gasteiger partial charge in [0.25, 0.3) is 0 Å². The van der Waals surface area contributed by atoms with E-state index in [1.807, 2.05) is 0 Å². The average molecular weight is 254 g/mol. The Morgan fingerprint density at radius 2 is 2.06 bits per heavy atom. The van der Waals surface area contributed by atoms with Gasteiger partial charge in [-0.2, -0.15) is 0 Å². The first kappa shape index (κ1) is 12.7. The molecule has 6 nitrogen and oxygen atoms in total. The van der Waals surface area contributed by atoms with Gasteiger partial charge in [-0.3, -0.25) is 4.79 Å². The normalized spacial score (nSPS) is 17.3. The molecule has 1 aromatic rings. The third kappa shape index (κ3) is 3.13. The van der Waals surface area contributed by atoms with Crippen LogP contribution in [0.15, 0.2) is 12.4 Å². The number of halogens is 1. The lowest BCUT2D eigenvalue weighted by atomic mass is 10.2. The van der Waals surface area contributed by atoms with Crippen LogP contribution in [0.2, 0.25) is 0 Å². The fraction of sp³-hybridized carbons (Fsp3) is 0.545. The van der Waals surface area contributed by atoms with Crippen LogP contribution in [0.25, 0.3) is 0 Å². The van der Waals surface area contributed by atoms with Crippen molar-refractivity contribution < 1.29 is 13.9 Å². The van der Waals surface area contributed by atoms with E-state index < -0.39 is 11.9 Å². The minimum Gasteiger partial charge on any atom is -0.378 e. The number of rotatable bonds is 3. The fourth-order valence-corrected chi connectivity index (χ4v) is 1.70. The lowest BCUT2D eigenvalue weighted by Gasteiger charge is -2.29. The molecule has 98 valence electrons. The molecule has 2 heterocycles. The maximum absolute atomic E-state index is 12.6. The number of aromatic nitrogens is 2. The van der Waals surface area contributed by atoms with Crippen molar-refractivity contribution in [2.75, 3.05) is 31.6 Å². The summed E-state index contributed by atoms with van der Waals surface area (Å²) in [5.41, 5.74) is 0. The van der Waals surface area contributed by atoms with Crippen molar-refractivity contribution in [3.63, 3.8) is 0 Å². The summed E-state index contributed by atoms with van der Waals surface area (Å²) in [6.07, 6.45) is 2.11. The fourth-order valence-electron chi connectivity index (χ4n) is 1.70. The van der Waals surface area contributed by atoms with Gasteiger partial charge >= 0.3 is 0 Å². The van der Waals surface area contributed by atoms with Crippen LogP contribution in [0.4, 0.5) is 10.3 Å². The van der Waals surface area contributed by atoms with Crippen molar-refractivity contribution in [3.05, 3.63) is 18.2 Å². The number of ether oxygens (including phenoxy) is 1. The smallest absolute Gasteiger partial charge is 0.245 e. The molecule has 1 aliphatic rings. The second-order valence-electron chi connectivity index (χ2n) is 4.03. The molecule has 0 aromatic carbocycles. The third-order valence-corrected chi connectivity index (χ3v) is 2.66. The summed E-state index contributed by atoms with van der Waals surface area (Å²) in [6, 6.07) is -0.450. The van der Waals surface area contributed by atoms with E-state index in [0.717, 1.165) is 12.4 Å². The van der Waals surface area contributed by atoms with Crippen LogP contribution >= 0.6 is 0 Å². The van der Waals surface area contributed by atoms with Gasteiger partial charge in [-0.05, 0) is 6.92 Å². The van der Waals surface area contributed by atoms with Crippen molar-refractivity contribution in [1.82, 2.24) is 14.9 Å². The van der Waals surface area contributed by atoms with Crippen molar-refractivity contribution >= 4 is 11.9 Å². The highest BCUT2D eigenvalue weighted by atomic mass is 19.1. The van der Waals surface area contributed by atoms with Crippen molar-refractivity contribution in [2.24, 2.45) is 0 Å². The predicted molar refractivity (Wildman–Crippen MR) is 62.5 cm³/mol. The number of hydrogen-bond acceptors (Lipinski definition) is 5. The molecule has 0 aliphatic carbocycles. The van der Waals surface area contributed by atoms with Crippen molar-refractivity contribution in [3.8, 4) is 0 Å². The zero-order valence-corrected chi connectivity index (χ0v) is 10.1. The number of nitrogens with one attached hydrogen (secondary N) is 1. The van der Waals surface area contributed by atoms with Gasteiger partial charge in [0, 0.05) is 13.1 Å². The van der Waals surface area contributed by atoms with Crippen molar-refractivity contribution in [2.45, 2.75) is 13.0 Å². The molecule has 0 bridgehead atoms. The minimum absolute atomic E-state index is 0.0359. The first-order chi connectivity index (χ1) is 8.66. The Bertz CT molecular complexity index is 406. The Balaban J connectivity index is 1.92. The summed E-state index contributed by atoms with van der Waals surface area (Å²) >= 11 is 0. The van der Waals surface area contributed by atoms with E-state index in [0.29, 0.717) is 26.3 Å². The second kappa shape index (κ2) is 5.72. The van der Waals surface area contributed by atoms with Crippen LogP contribution < -0.4 is 5.32 Å². The number of amides is 1. The zero-order chi connectivity index (χ0) is 13.0. The molecule has 0 saturated carbocycles. The lowest BCUT2D eigenvalue weighted by molar-refractivity contribution is -0.135. The van der Waals surface area contributed by atoms with Crippen LogP contribution in [-0.4, -0.2) is 53.1 Å². The van der Waals surface area contributed by atoms with E-state index in [4.69, 9.17) is 4.74 Å². The summed E-state index contributed by atoms with van der Waals surface area (Å²) < 4.78 is 17.8. The van der Waals surface area contributed by atoms with Gasteiger partial charge in [-0.25, -0.2) is 14.4 Å². The van der Waals surface area contributed by atoms with E-state index in [2.05, 4.69) is 15.3 Å². The lowest BCUT2D eigenvalue weighted by Crippen LogP contribution is -2.47. The molecule has 1 fully saturated rings.